The van der Waals surface area contributed by atoms with Gasteiger partial charge in [-0.25, -0.2) is 0 Å². The summed E-state index contributed by atoms with van der Waals surface area (Å²) in [5.74, 6) is -1.85. The van der Waals surface area contributed by atoms with Gasteiger partial charge in [-0.05, 0) is 43.3 Å². The number of carbonyl (C=O) groups is 2. The van der Waals surface area contributed by atoms with Crippen LogP contribution in [-0.4, -0.2) is 28.1 Å². The Morgan fingerprint density at radius 3 is 2.40 bits per heavy atom. The van der Waals surface area contributed by atoms with E-state index < -0.39 is 23.7 Å². The number of phenols is 2. The summed E-state index contributed by atoms with van der Waals surface area (Å²) in [6.45, 7) is 1.47. The van der Waals surface area contributed by atoms with E-state index >= 15 is 0 Å². The van der Waals surface area contributed by atoms with Crippen LogP contribution in [0.3, 0.4) is 0 Å². The minimum Gasteiger partial charge on any atom is -0.504 e. The van der Waals surface area contributed by atoms with Gasteiger partial charge in [-0.2, -0.15) is 0 Å². The number of hydrazine groups is 1. The van der Waals surface area contributed by atoms with E-state index in [1.807, 2.05) is 0 Å². The van der Waals surface area contributed by atoms with Crippen molar-refractivity contribution in [2.45, 2.75) is 13.0 Å². The number of ether oxygens (including phenoxy) is 1. The minimum absolute atomic E-state index is 0.0462. The van der Waals surface area contributed by atoms with Gasteiger partial charge in [0, 0.05) is 10.6 Å². The van der Waals surface area contributed by atoms with Crippen molar-refractivity contribution < 1.29 is 24.5 Å². The molecule has 9 heteroatoms. The van der Waals surface area contributed by atoms with Crippen LogP contribution in [-0.2, 0) is 4.79 Å². The predicted molar refractivity (Wildman–Crippen MR) is 91.9 cm³/mol. The lowest BCUT2D eigenvalue weighted by Crippen LogP contribution is -2.47. The quantitative estimate of drug-likeness (QED) is 0.478. The molecule has 0 aliphatic heterocycles. The number of carbonyl (C=O) groups excluding carboxylic acids is 2. The molecule has 0 spiro atoms. The number of amides is 2. The summed E-state index contributed by atoms with van der Waals surface area (Å²) in [4.78, 5) is 23.9. The maximum Gasteiger partial charge on any atom is 0.279 e. The fraction of sp³-hybridized carbons (Fsp3) is 0.125. The Morgan fingerprint density at radius 1 is 1.04 bits per heavy atom. The minimum atomic E-state index is -0.952. The highest BCUT2D eigenvalue weighted by Crippen LogP contribution is 2.28. The predicted octanol–water partition coefficient (Wildman–Crippen LogP) is 2.63. The van der Waals surface area contributed by atoms with Gasteiger partial charge in [0.1, 0.15) is 5.75 Å². The second kappa shape index (κ2) is 7.96. The molecule has 0 aromatic heterocycles. The van der Waals surface area contributed by atoms with Gasteiger partial charge in [-0.15, -0.1) is 0 Å². The van der Waals surface area contributed by atoms with E-state index in [4.69, 9.17) is 27.9 Å². The van der Waals surface area contributed by atoms with Gasteiger partial charge in [-0.3, -0.25) is 20.4 Å². The number of rotatable bonds is 4. The molecule has 0 aliphatic carbocycles. The third kappa shape index (κ3) is 4.91. The van der Waals surface area contributed by atoms with Crippen LogP contribution in [0, 0.1) is 0 Å². The van der Waals surface area contributed by atoms with Crippen molar-refractivity contribution in [2.75, 3.05) is 0 Å². The summed E-state index contributed by atoms with van der Waals surface area (Å²) in [6.07, 6.45) is -0.952. The molecular weight excluding hydrogens is 371 g/mol. The van der Waals surface area contributed by atoms with E-state index in [0.29, 0.717) is 5.02 Å². The van der Waals surface area contributed by atoms with Crippen LogP contribution in [0.1, 0.15) is 17.3 Å². The van der Waals surface area contributed by atoms with Gasteiger partial charge < -0.3 is 14.9 Å². The molecule has 2 aromatic carbocycles. The summed E-state index contributed by atoms with van der Waals surface area (Å²) in [5.41, 5.74) is 4.41. The van der Waals surface area contributed by atoms with Crippen LogP contribution in [0.25, 0.3) is 0 Å². The average molecular weight is 385 g/mol. The SMILES string of the molecule is CC(Oc1ccc(Cl)cc1Cl)C(=O)NNC(=O)c1ccc(O)c(O)c1. The highest BCUT2D eigenvalue weighted by molar-refractivity contribution is 6.35. The molecule has 0 radical (unpaired) electrons. The number of phenolic OH excluding ortho intramolecular Hbond substituents is 2. The van der Waals surface area contributed by atoms with Gasteiger partial charge in [0.2, 0.25) is 0 Å². The maximum atomic E-state index is 12.0. The van der Waals surface area contributed by atoms with E-state index in [2.05, 4.69) is 10.9 Å². The zero-order chi connectivity index (χ0) is 18.6. The van der Waals surface area contributed by atoms with Crippen LogP contribution in [0.4, 0.5) is 0 Å². The first-order valence-corrected chi connectivity index (χ1v) is 7.77. The van der Waals surface area contributed by atoms with Crippen molar-refractivity contribution >= 4 is 35.0 Å². The topological polar surface area (TPSA) is 108 Å². The lowest BCUT2D eigenvalue weighted by atomic mass is 10.2. The van der Waals surface area contributed by atoms with Crippen molar-refractivity contribution in [3.63, 3.8) is 0 Å². The third-order valence-electron chi connectivity index (χ3n) is 3.10. The molecule has 0 fully saturated rings. The van der Waals surface area contributed by atoms with E-state index in [0.717, 1.165) is 12.1 Å². The van der Waals surface area contributed by atoms with Crippen molar-refractivity contribution in [3.05, 3.63) is 52.0 Å². The number of benzene rings is 2. The molecule has 7 nitrogen and oxygen atoms in total. The molecule has 1 atom stereocenters. The first kappa shape index (κ1) is 18.7. The summed E-state index contributed by atoms with van der Waals surface area (Å²) in [5, 5.41) is 19.2. The van der Waals surface area contributed by atoms with Crippen LogP contribution >= 0.6 is 23.2 Å². The molecule has 2 aromatic rings. The fourth-order valence-corrected chi connectivity index (χ4v) is 2.22. The molecule has 2 rings (SSSR count). The van der Waals surface area contributed by atoms with Gasteiger partial charge in [0.05, 0.1) is 5.02 Å². The number of hydrogen-bond acceptors (Lipinski definition) is 5. The lowest BCUT2D eigenvalue weighted by molar-refractivity contribution is -0.128. The lowest BCUT2D eigenvalue weighted by Gasteiger charge is -2.16. The van der Waals surface area contributed by atoms with Gasteiger partial charge in [-0.1, -0.05) is 23.2 Å². The highest BCUT2D eigenvalue weighted by Gasteiger charge is 2.17. The Hall–Kier alpha value is -2.64. The third-order valence-corrected chi connectivity index (χ3v) is 3.63. The Morgan fingerprint density at radius 2 is 1.76 bits per heavy atom. The van der Waals surface area contributed by atoms with Crippen molar-refractivity contribution in [3.8, 4) is 17.2 Å². The number of hydrogen-bond donors (Lipinski definition) is 4. The molecule has 4 N–H and O–H groups in total. The molecule has 0 aliphatic rings. The molecule has 0 heterocycles. The molecule has 25 heavy (non-hydrogen) atoms. The second-order valence-electron chi connectivity index (χ2n) is 4.98. The normalized spacial score (nSPS) is 11.5. The molecule has 1 unspecified atom stereocenters. The monoisotopic (exact) mass is 384 g/mol. The van der Waals surface area contributed by atoms with Gasteiger partial charge >= 0.3 is 0 Å². The molecular formula is C16H14Cl2N2O5. The first-order chi connectivity index (χ1) is 11.8. The second-order valence-corrected chi connectivity index (χ2v) is 5.83. The van der Waals surface area contributed by atoms with Crippen LogP contribution in [0.15, 0.2) is 36.4 Å². The Balaban J connectivity index is 1.92. The number of aromatic hydroxyl groups is 2. The summed E-state index contributed by atoms with van der Waals surface area (Å²) in [6, 6.07) is 8.05. The Kier molecular flexibility index (Phi) is 5.95. The van der Waals surface area contributed by atoms with E-state index in [1.165, 1.54) is 25.1 Å². The first-order valence-electron chi connectivity index (χ1n) is 7.02. The van der Waals surface area contributed by atoms with Crippen molar-refractivity contribution in [2.24, 2.45) is 0 Å². The van der Waals surface area contributed by atoms with E-state index in [-0.39, 0.29) is 22.1 Å². The summed E-state index contributed by atoms with van der Waals surface area (Å²) in [7, 11) is 0. The van der Waals surface area contributed by atoms with Crippen molar-refractivity contribution in [1.29, 1.82) is 0 Å². The smallest absolute Gasteiger partial charge is 0.279 e. The molecule has 2 amide bonds. The molecule has 0 bridgehead atoms. The molecule has 0 saturated carbocycles. The Labute approximate surface area is 153 Å². The highest BCUT2D eigenvalue weighted by atomic mass is 35.5. The van der Waals surface area contributed by atoms with Crippen LogP contribution < -0.4 is 15.6 Å². The molecule has 132 valence electrons. The Bertz CT molecular complexity index is 813. The number of nitrogens with one attached hydrogen (secondary N) is 2. The summed E-state index contributed by atoms with van der Waals surface area (Å²) < 4.78 is 5.41. The molecule has 0 saturated heterocycles. The van der Waals surface area contributed by atoms with E-state index in [9.17, 15) is 19.8 Å². The zero-order valence-electron chi connectivity index (χ0n) is 12.9. The largest absolute Gasteiger partial charge is 0.504 e. The standard InChI is InChI=1S/C16H14Cl2N2O5/c1-8(25-14-5-3-10(17)7-11(14)18)15(23)19-20-16(24)9-2-4-12(21)13(22)6-9/h2-8,21-22H,1H3,(H,19,23)(H,20,24). The summed E-state index contributed by atoms with van der Waals surface area (Å²) >= 11 is 11.7. The number of halogens is 2. The zero-order valence-corrected chi connectivity index (χ0v) is 14.4. The van der Waals surface area contributed by atoms with Crippen LogP contribution in [0.5, 0.6) is 17.2 Å². The van der Waals surface area contributed by atoms with Gasteiger partial charge in [0.15, 0.2) is 17.6 Å². The fourth-order valence-electron chi connectivity index (χ4n) is 1.77. The van der Waals surface area contributed by atoms with E-state index in [1.54, 1.807) is 6.07 Å². The maximum absolute atomic E-state index is 12.0. The van der Waals surface area contributed by atoms with Crippen molar-refractivity contribution in [1.82, 2.24) is 10.9 Å². The van der Waals surface area contributed by atoms with Crippen LogP contribution in [0.2, 0.25) is 10.0 Å². The van der Waals surface area contributed by atoms with Gasteiger partial charge in [0.25, 0.3) is 11.8 Å². The average Bonchev–Trinajstić information content (AvgIpc) is 2.57.